The van der Waals surface area contributed by atoms with Crippen molar-refractivity contribution in [2.45, 2.75) is 71.9 Å². The predicted molar refractivity (Wildman–Crippen MR) is 160 cm³/mol. The molecule has 9 nitrogen and oxygen atoms in total. The Morgan fingerprint density at radius 3 is 2.45 bits per heavy atom. The van der Waals surface area contributed by atoms with Gasteiger partial charge in [0.25, 0.3) is 0 Å². The van der Waals surface area contributed by atoms with Gasteiger partial charge in [0, 0.05) is 51.1 Å². The minimum absolute atomic E-state index is 0.0449. The number of unbranched alkanes of at least 4 members (excludes halogenated alkanes) is 1. The summed E-state index contributed by atoms with van der Waals surface area (Å²) in [7, 11) is 0. The number of esters is 1. The molecule has 220 valence electrons. The molecule has 0 amide bonds. The highest BCUT2D eigenvalue weighted by molar-refractivity contribution is 5.65. The summed E-state index contributed by atoms with van der Waals surface area (Å²) < 4.78 is 5.38. The average molecular weight is 552 g/mol. The summed E-state index contributed by atoms with van der Waals surface area (Å²) in [6, 6.07) is 10.8. The number of aromatic amines is 2. The van der Waals surface area contributed by atoms with Gasteiger partial charge in [-0.05, 0) is 64.3 Å². The average Bonchev–Trinajstić information content (AvgIpc) is 3.64. The number of hydrogen-bond acceptors (Lipinski definition) is 7. The Balaban J connectivity index is 1.66. The van der Waals surface area contributed by atoms with Gasteiger partial charge < -0.3 is 24.9 Å². The second kappa shape index (κ2) is 17.6. The quantitative estimate of drug-likeness (QED) is 0.136. The van der Waals surface area contributed by atoms with Crippen LogP contribution in [0.25, 0.3) is 0 Å². The summed E-state index contributed by atoms with van der Waals surface area (Å²) in [5.74, 6) is 1.58. The summed E-state index contributed by atoms with van der Waals surface area (Å²) in [6.45, 7) is 14.3. The summed E-state index contributed by atoms with van der Waals surface area (Å²) in [4.78, 5) is 32.1. The van der Waals surface area contributed by atoms with E-state index >= 15 is 0 Å². The second-order valence-corrected chi connectivity index (χ2v) is 10.5. The number of carbonyl (C=O) groups excluding carboxylic acids is 1. The Morgan fingerprint density at radius 1 is 1.02 bits per heavy atom. The molecule has 0 radical (unpaired) electrons. The van der Waals surface area contributed by atoms with Gasteiger partial charge in [0.05, 0.1) is 11.7 Å². The fraction of sp³-hybridized carbons (Fsp3) is 0.581. The molecule has 3 rings (SSSR count). The molecule has 0 aliphatic rings. The number of hydrogen-bond donors (Lipinski definition) is 3. The van der Waals surface area contributed by atoms with Gasteiger partial charge in [0.2, 0.25) is 0 Å². The Labute approximate surface area is 240 Å². The van der Waals surface area contributed by atoms with E-state index in [0.717, 1.165) is 62.9 Å². The van der Waals surface area contributed by atoms with Gasteiger partial charge in [-0.15, -0.1) is 0 Å². The second-order valence-electron chi connectivity index (χ2n) is 10.5. The van der Waals surface area contributed by atoms with Gasteiger partial charge in [0.1, 0.15) is 18.3 Å². The van der Waals surface area contributed by atoms with Crippen LogP contribution in [0.2, 0.25) is 0 Å². The maximum absolute atomic E-state index is 11.5. The van der Waals surface area contributed by atoms with Crippen LogP contribution in [0.4, 0.5) is 0 Å². The van der Waals surface area contributed by atoms with Crippen LogP contribution < -0.4 is 5.32 Å². The molecule has 3 N–H and O–H groups in total. The Kier molecular flexibility index (Phi) is 13.9. The van der Waals surface area contributed by atoms with Gasteiger partial charge >= 0.3 is 5.97 Å². The Bertz CT molecular complexity index is 1060. The van der Waals surface area contributed by atoms with Crippen molar-refractivity contribution in [2.24, 2.45) is 0 Å². The van der Waals surface area contributed by atoms with E-state index in [1.165, 1.54) is 25.3 Å². The molecule has 0 aliphatic heterocycles. The third-order valence-electron chi connectivity index (χ3n) is 7.14. The molecule has 0 saturated heterocycles. The van der Waals surface area contributed by atoms with E-state index in [4.69, 9.17) is 9.72 Å². The molecule has 40 heavy (non-hydrogen) atoms. The van der Waals surface area contributed by atoms with Gasteiger partial charge in [0.15, 0.2) is 0 Å². The largest absolute Gasteiger partial charge is 0.465 e. The highest BCUT2D eigenvalue weighted by Gasteiger charge is 2.22. The number of benzene rings is 1. The number of rotatable bonds is 20. The van der Waals surface area contributed by atoms with Crippen LogP contribution in [0.3, 0.4) is 0 Å². The standard InChI is InChI=1S/C31H49N7O2/c1-5-16-37(17-6-2)18-10-11-19-38(20-21-40-26(4)39)29(27-12-8-7-9-13-27)24-34-25(3)31-35-23-28(36-31)22-30-32-14-15-33-30/h7-9,12-15,23,25,29,34H,5-6,10-11,16-22,24H2,1-4H3,(H,32,33)(H,35,36). The first-order valence-corrected chi connectivity index (χ1v) is 14.9. The molecular weight excluding hydrogens is 502 g/mol. The predicted octanol–water partition coefficient (Wildman–Crippen LogP) is 4.88. The third kappa shape index (κ3) is 10.9. The van der Waals surface area contributed by atoms with E-state index in [2.05, 4.69) is 81.2 Å². The molecule has 2 heterocycles. The molecule has 2 unspecified atom stereocenters. The maximum atomic E-state index is 11.5. The van der Waals surface area contributed by atoms with Gasteiger partial charge in [-0.1, -0.05) is 44.2 Å². The van der Waals surface area contributed by atoms with Crippen molar-refractivity contribution in [1.29, 1.82) is 0 Å². The van der Waals surface area contributed by atoms with E-state index in [0.29, 0.717) is 19.6 Å². The number of H-pyrrole nitrogens is 2. The van der Waals surface area contributed by atoms with Crippen molar-refractivity contribution in [2.75, 3.05) is 45.9 Å². The zero-order valence-electron chi connectivity index (χ0n) is 24.9. The summed E-state index contributed by atoms with van der Waals surface area (Å²) >= 11 is 0. The topological polar surface area (TPSA) is 102 Å². The van der Waals surface area contributed by atoms with Crippen LogP contribution >= 0.6 is 0 Å². The van der Waals surface area contributed by atoms with Gasteiger partial charge in [-0.2, -0.15) is 0 Å². The third-order valence-corrected chi connectivity index (χ3v) is 7.14. The monoisotopic (exact) mass is 551 g/mol. The first-order valence-electron chi connectivity index (χ1n) is 14.9. The van der Waals surface area contributed by atoms with Gasteiger partial charge in [-0.25, -0.2) is 9.97 Å². The Hall–Kier alpha value is -3.01. The first-order chi connectivity index (χ1) is 19.5. The molecule has 0 spiro atoms. The molecule has 3 aromatic rings. The van der Waals surface area contributed by atoms with E-state index in [9.17, 15) is 4.79 Å². The Morgan fingerprint density at radius 2 is 1.77 bits per heavy atom. The minimum atomic E-state index is -0.235. The van der Waals surface area contributed by atoms with Crippen LogP contribution in [-0.2, 0) is 16.0 Å². The molecule has 1 aromatic carbocycles. The van der Waals surface area contributed by atoms with Crippen molar-refractivity contribution >= 4 is 5.97 Å². The van der Waals surface area contributed by atoms with Gasteiger partial charge in [-0.3, -0.25) is 9.69 Å². The minimum Gasteiger partial charge on any atom is -0.465 e. The number of nitrogens with zero attached hydrogens (tertiary/aromatic N) is 4. The lowest BCUT2D eigenvalue weighted by Gasteiger charge is -2.33. The summed E-state index contributed by atoms with van der Waals surface area (Å²) in [6.07, 6.45) is 10.8. The van der Waals surface area contributed by atoms with Crippen LogP contribution in [0, 0.1) is 0 Å². The lowest BCUT2D eigenvalue weighted by atomic mass is 10.0. The van der Waals surface area contributed by atoms with Crippen molar-refractivity contribution in [3.8, 4) is 0 Å². The molecule has 2 atom stereocenters. The number of imidazole rings is 2. The van der Waals surface area contributed by atoms with E-state index in [-0.39, 0.29) is 18.1 Å². The number of aromatic nitrogens is 4. The highest BCUT2D eigenvalue weighted by atomic mass is 16.5. The summed E-state index contributed by atoms with van der Waals surface area (Å²) in [5, 5.41) is 3.72. The zero-order chi connectivity index (χ0) is 28.6. The number of ether oxygens (including phenoxy) is 1. The molecule has 0 saturated carbocycles. The van der Waals surface area contributed by atoms with E-state index < -0.39 is 0 Å². The smallest absolute Gasteiger partial charge is 0.302 e. The lowest BCUT2D eigenvalue weighted by Crippen LogP contribution is -2.39. The van der Waals surface area contributed by atoms with Crippen molar-refractivity contribution < 1.29 is 9.53 Å². The van der Waals surface area contributed by atoms with Crippen molar-refractivity contribution in [1.82, 2.24) is 35.1 Å². The number of nitrogens with one attached hydrogen (secondary N) is 3. The van der Waals surface area contributed by atoms with Crippen LogP contribution in [0.5, 0.6) is 0 Å². The van der Waals surface area contributed by atoms with Crippen molar-refractivity contribution in [3.05, 3.63) is 71.8 Å². The van der Waals surface area contributed by atoms with E-state index in [1.54, 1.807) is 6.20 Å². The maximum Gasteiger partial charge on any atom is 0.302 e. The van der Waals surface area contributed by atoms with Crippen LogP contribution in [0.15, 0.2) is 48.9 Å². The molecule has 0 fully saturated rings. The fourth-order valence-electron chi connectivity index (χ4n) is 5.12. The normalized spacial score (nSPS) is 13.2. The fourth-order valence-corrected chi connectivity index (χ4v) is 5.12. The number of carbonyl (C=O) groups is 1. The summed E-state index contributed by atoms with van der Waals surface area (Å²) in [5.41, 5.74) is 2.21. The highest BCUT2D eigenvalue weighted by Crippen LogP contribution is 2.22. The van der Waals surface area contributed by atoms with Crippen LogP contribution in [0.1, 0.15) is 88.4 Å². The first kappa shape index (κ1) is 31.5. The SMILES string of the molecule is CCCN(CCC)CCCCN(CCOC(C)=O)C(CNC(C)c1nc(Cc2ncc[nH]2)c[nH]1)c1ccccc1. The molecule has 9 heteroatoms. The van der Waals surface area contributed by atoms with Crippen molar-refractivity contribution in [3.63, 3.8) is 0 Å². The molecule has 0 aliphatic carbocycles. The lowest BCUT2D eigenvalue weighted by molar-refractivity contribution is -0.141. The van der Waals surface area contributed by atoms with E-state index in [1.807, 2.05) is 12.4 Å². The zero-order valence-corrected chi connectivity index (χ0v) is 24.9. The van der Waals surface area contributed by atoms with Crippen LogP contribution in [-0.4, -0.2) is 81.6 Å². The molecule has 0 bridgehead atoms. The molecular formula is C31H49N7O2. The molecule has 2 aromatic heterocycles.